The van der Waals surface area contributed by atoms with Crippen molar-refractivity contribution in [2.45, 2.75) is 13.8 Å². The summed E-state index contributed by atoms with van der Waals surface area (Å²) in [5.41, 5.74) is 2.80. The van der Waals surface area contributed by atoms with Gasteiger partial charge in [-0.05, 0) is 38.1 Å². The molecule has 2 rings (SSSR count). The largest absolute Gasteiger partial charge is 0.365 e. The van der Waals surface area contributed by atoms with Crippen molar-refractivity contribution in [2.24, 2.45) is 5.16 Å². The number of nitrogens with zero attached hydrogens (tertiary/aromatic N) is 2. The SMILES string of the molecule is CC(=NOC(=O)c1ccc(C)cc1)c1ccccn1. The lowest BCUT2D eigenvalue weighted by atomic mass is 10.2. The van der Waals surface area contributed by atoms with E-state index in [4.69, 9.17) is 4.84 Å². The van der Waals surface area contributed by atoms with Gasteiger partial charge in [0.05, 0.1) is 11.3 Å². The Morgan fingerprint density at radius 3 is 2.53 bits per heavy atom. The van der Waals surface area contributed by atoms with E-state index in [0.717, 1.165) is 5.56 Å². The van der Waals surface area contributed by atoms with E-state index in [9.17, 15) is 4.79 Å². The molecule has 0 saturated heterocycles. The maximum absolute atomic E-state index is 11.7. The minimum Gasteiger partial charge on any atom is -0.312 e. The molecule has 0 aliphatic carbocycles. The van der Waals surface area contributed by atoms with Crippen molar-refractivity contribution in [3.63, 3.8) is 0 Å². The average Bonchev–Trinajstić information content (AvgIpc) is 2.46. The van der Waals surface area contributed by atoms with Crippen LogP contribution in [0.3, 0.4) is 0 Å². The second-order valence-corrected chi connectivity index (χ2v) is 4.14. The van der Waals surface area contributed by atoms with E-state index >= 15 is 0 Å². The molecule has 0 amide bonds. The second-order valence-electron chi connectivity index (χ2n) is 4.14. The van der Waals surface area contributed by atoms with Crippen LogP contribution in [0.25, 0.3) is 0 Å². The average molecular weight is 254 g/mol. The van der Waals surface area contributed by atoms with Gasteiger partial charge in [-0.25, -0.2) is 4.79 Å². The summed E-state index contributed by atoms with van der Waals surface area (Å²) in [6.45, 7) is 3.70. The molecule has 96 valence electrons. The molecule has 0 saturated carbocycles. The van der Waals surface area contributed by atoms with Crippen LogP contribution in [0.1, 0.15) is 28.5 Å². The number of aryl methyl sites for hydroxylation is 1. The summed E-state index contributed by atoms with van der Waals surface area (Å²) < 4.78 is 0. The van der Waals surface area contributed by atoms with E-state index in [-0.39, 0.29) is 0 Å². The third-order valence-corrected chi connectivity index (χ3v) is 2.59. The molecule has 0 unspecified atom stereocenters. The number of oxime groups is 1. The fraction of sp³-hybridized carbons (Fsp3) is 0.133. The van der Waals surface area contributed by atoms with Crippen molar-refractivity contribution in [3.05, 3.63) is 65.5 Å². The third kappa shape index (κ3) is 3.48. The Morgan fingerprint density at radius 2 is 1.89 bits per heavy atom. The van der Waals surface area contributed by atoms with Gasteiger partial charge >= 0.3 is 5.97 Å². The van der Waals surface area contributed by atoms with E-state index in [1.165, 1.54) is 0 Å². The van der Waals surface area contributed by atoms with Crippen molar-refractivity contribution >= 4 is 11.7 Å². The number of carbonyl (C=O) groups excluding carboxylic acids is 1. The predicted molar refractivity (Wildman–Crippen MR) is 73.0 cm³/mol. The molecule has 0 aliphatic rings. The molecule has 0 bridgehead atoms. The second kappa shape index (κ2) is 5.91. The highest BCUT2D eigenvalue weighted by atomic mass is 16.7. The maximum Gasteiger partial charge on any atom is 0.365 e. The Bertz CT molecular complexity index is 589. The number of pyridine rings is 1. The smallest absolute Gasteiger partial charge is 0.312 e. The van der Waals surface area contributed by atoms with Gasteiger partial charge in [0.1, 0.15) is 5.71 Å². The van der Waals surface area contributed by atoms with Crippen LogP contribution >= 0.6 is 0 Å². The first-order chi connectivity index (χ1) is 9.16. The zero-order chi connectivity index (χ0) is 13.7. The van der Waals surface area contributed by atoms with Crippen LogP contribution < -0.4 is 0 Å². The molecule has 0 aliphatic heterocycles. The van der Waals surface area contributed by atoms with Gasteiger partial charge in [0, 0.05) is 6.20 Å². The Balaban J connectivity index is 2.06. The van der Waals surface area contributed by atoms with Gasteiger partial charge in [0.2, 0.25) is 0 Å². The van der Waals surface area contributed by atoms with E-state index in [1.54, 1.807) is 31.3 Å². The molecule has 1 aromatic heterocycles. The van der Waals surface area contributed by atoms with Crippen molar-refractivity contribution in [1.82, 2.24) is 4.98 Å². The van der Waals surface area contributed by atoms with E-state index in [1.807, 2.05) is 31.2 Å². The normalized spacial score (nSPS) is 11.2. The molecule has 4 heteroatoms. The number of carbonyl (C=O) groups is 1. The summed E-state index contributed by atoms with van der Waals surface area (Å²) in [6.07, 6.45) is 1.66. The fourth-order valence-electron chi connectivity index (χ4n) is 1.48. The van der Waals surface area contributed by atoms with Gasteiger partial charge in [-0.2, -0.15) is 0 Å². The summed E-state index contributed by atoms with van der Waals surface area (Å²) in [4.78, 5) is 20.8. The Labute approximate surface area is 111 Å². The molecular weight excluding hydrogens is 240 g/mol. The third-order valence-electron chi connectivity index (χ3n) is 2.59. The summed E-state index contributed by atoms with van der Waals surface area (Å²) >= 11 is 0. The molecule has 1 heterocycles. The molecular formula is C15H14N2O2. The molecule has 0 spiro atoms. The Hall–Kier alpha value is -2.49. The maximum atomic E-state index is 11.7. The first-order valence-electron chi connectivity index (χ1n) is 5.91. The Morgan fingerprint density at radius 1 is 1.16 bits per heavy atom. The zero-order valence-corrected chi connectivity index (χ0v) is 10.8. The van der Waals surface area contributed by atoms with Crippen LogP contribution in [0.15, 0.2) is 53.8 Å². The molecule has 0 atom stereocenters. The molecule has 0 N–H and O–H groups in total. The lowest BCUT2D eigenvalue weighted by Gasteiger charge is -2.01. The lowest BCUT2D eigenvalue weighted by molar-refractivity contribution is 0.0516. The minimum absolute atomic E-state index is 0.475. The summed E-state index contributed by atoms with van der Waals surface area (Å²) in [5, 5.41) is 3.80. The Kier molecular flexibility index (Phi) is 4.03. The number of aromatic nitrogens is 1. The van der Waals surface area contributed by atoms with Crippen LogP contribution in [0.2, 0.25) is 0 Å². The summed E-state index contributed by atoms with van der Waals surface area (Å²) in [5.74, 6) is -0.477. The van der Waals surface area contributed by atoms with Gasteiger partial charge < -0.3 is 4.84 Å². The van der Waals surface area contributed by atoms with Crippen molar-refractivity contribution in [2.75, 3.05) is 0 Å². The van der Waals surface area contributed by atoms with Crippen LogP contribution in [-0.2, 0) is 4.84 Å². The summed E-state index contributed by atoms with van der Waals surface area (Å²) in [7, 11) is 0. The highest BCUT2D eigenvalue weighted by Crippen LogP contribution is 2.06. The highest BCUT2D eigenvalue weighted by Gasteiger charge is 2.07. The van der Waals surface area contributed by atoms with Crippen LogP contribution in [0.4, 0.5) is 0 Å². The molecule has 0 radical (unpaired) electrons. The van der Waals surface area contributed by atoms with Crippen LogP contribution in [0.5, 0.6) is 0 Å². The molecule has 0 fully saturated rings. The molecule has 1 aromatic carbocycles. The standard InChI is InChI=1S/C15H14N2O2/c1-11-6-8-13(9-7-11)15(18)19-17-12(2)14-5-3-4-10-16-14/h3-10H,1-2H3. The zero-order valence-electron chi connectivity index (χ0n) is 10.8. The van der Waals surface area contributed by atoms with Gasteiger partial charge in [-0.1, -0.05) is 28.9 Å². The predicted octanol–water partition coefficient (Wildman–Crippen LogP) is 2.97. The van der Waals surface area contributed by atoms with E-state index < -0.39 is 5.97 Å². The van der Waals surface area contributed by atoms with Crippen LogP contribution in [-0.4, -0.2) is 16.7 Å². The topological polar surface area (TPSA) is 51.5 Å². The number of hydrogen-bond acceptors (Lipinski definition) is 4. The number of hydrogen-bond donors (Lipinski definition) is 0. The first kappa shape index (κ1) is 13.0. The lowest BCUT2D eigenvalue weighted by Crippen LogP contribution is -2.04. The van der Waals surface area contributed by atoms with Crippen molar-refractivity contribution < 1.29 is 9.63 Å². The molecule has 2 aromatic rings. The van der Waals surface area contributed by atoms with Gasteiger partial charge in [-0.15, -0.1) is 0 Å². The quantitative estimate of drug-likeness (QED) is 0.480. The van der Waals surface area contributed by atoms with Crippen molar-refractivity contribution in [1.29, 1.82) is 0 Å². The van der Waals surface area contributed by atoms with Gasteiger partial charge in [0.25, 0.3) is 0 Å². The van der Waals surface area contributed by atoms with Crippen LogP contribution in [0, 0.1) is 6.92 Å². The summed E-state index contributed by atoms with van der Waals surface area (Å²) in [6, 6.07) is 12.6. The van der Waals surface area contributed by atoms with Crippen molar-refractivity contribution in [3.8, 4) is 0 Å². The number of rotatable bonds is 3. The molecule has 4 nitrogen and oxygen atoms in total. The fourth-order valence-corrected chi connectivity index (χ4v) is 1.48. The van der Waals surface area contributed by atoms with Gasteiger partial charge in [0.15, 0.2) is 0 Å². The first-order valence-corrected chi connectivity index (χ1v) is 5.91. The van der Waals surface area contributed by atoms with E-state index in [0.29, 0.717) is 17.0 Å². The van der Waals surface area contributed by atoms with Gasteiger partial charge in [-0.3, -0.25) is 4.98 Å². The van der Waals surface area contributed by atoms with E-state index in [2.05, 4.69) is 10.1 Å². The molecule has 19 heavy (non-hydrogen) atoms. The highest BCUT2D eigenvalue weighted by molar-refractivity contribution is 5.97. The monoisotopic (exact) mass is 254 g/mol. The number of benzene rings is 1. The minimum atomic E-state index is -0.477.